The second-order valence-corrected chi connectivity index (χ2v) is 5.17. The van der Waals surface area contributed by atoms with Gasteiger partial charge < -0.3 is 5.11 Å². The molecule has 0 saturated heterocycles. The Bertz CT molecular complexity index is 876. The third kappa shape index (κ3) is 2.74. The maximum absolute atomic E-state index is 12.2. The van der Waals surface area contributed by atoms with Crippen LogP contribution in [0.1, 0.15) is 21.5 Å². The summed E-state index contributed by atoms with van der Waals surface area (Å²) in [4.78, 5) is 16.4. The fourth-order valence-electron chi connectivity index (χ4n) is 2.38. The average Bonchev–Trinajstić information content (AvgIpc) is 2.52. The van der Waals surface area contributed by atoms with Crippen LogP contribution in [-0.4, -0.2) is 15.9 Å². The minimum Gasteiger partial charge on any atom is -0.507 e. The van der Waals surface area contributed by atoms with E-state index in [0.717, 1.165) is 21.9 Å². The summed E-state index contributed by atoms with van der Waals surface area (Å²) in [6, 6.07) is 12.9. The Morgan fingerprint density at radius 2 is 1.95 bits per heavy atom. The second-order valence-electron chi connectivity index (χ2n) is 5.17. The van der Waals surface area contributed by atoms with Gasteiger partial charge in [0.2, 0.25) is 0 Å². The van der Waals surface area contributed by atoms with Gasteiger partial charge in [0, 0.05) is 23.3 Å². The van der Waals surface area contributed by atoms with Crippen LogP contribution in [0.3, 0.4) is 0 Å². The predicted octanol–water partition coefficient (Wildman–Crippen LogP) is 4.14. The van der Waals surface area contributed by atoms with Gasteiger partial charge in [0.1, 0.15) is 5.75 Å². The van der Waals surface area contributed by atoms with Crippen LogP contribution in [0.5, 0.6) is 5.75 Å². The number of phenols is 1. The minimum atomic E-state index is -0.231. The molecule has 0 aliphatic rings. The molecule has 22 heavy (non-hydrogen) atoms. The molecule has 3 rings (SSSR count). The number of aryl methyl sites for hydroxylation is 1. The minimum absolute atomic E-state index is 0.00527. The van der Waals surface area contributed by atoms with Gasteiger partial charge in [-0.1, -0.05) is 30.3 Å². The fourth-order valence-corrected chi connectivity index (χ4v) is 2.38. The Hall–Kier alpha value is -2.94. The molecule has 2 aromatic carbocycles. The summed E-state index contributed by atoms with van der Waals surface area (Å²) in [7, 11) is 0. The van der Waals surface area contributed by atoms with Crippen molar-refractivity contribution >= 4 is 22.6 Å². The molecule has 0 atom stereocenters. The van der Waals surface area contributed by atoms with E-state index in [-0.39, 0.29) is 11.5 Å². The van der Waals surface area contributed by atoms with Crippen LogP contribution in [-0.2, 0) is 0 Å². The van der Waals surface area contributed by atoms with Crippen molar-refractivity contribution in [1.82, 2.24) is 4.98 Å². The van der Waals surface area contributed by atoms with Crippen molar-refractivity contribution in [3.8, 4) is 5.75 Å². The van der Waals surface area contributed by atoms with E-state index in [1.54, 1.807) is 36.7 Å². The molecule has 3 heteroatoms. The van der Waals surface area contributed by atoms with E-state index in [1.165, 1.54) is 6.08 Å². The first-order chi connectivity index (χ1) is 10.6. The maximum atomic E-state index is 12.2. The summed E-state index contributed by atoms with van der Waals surface area (Å²) in [6.07, 6.45) is 6.71. The molecule has 0 saturated carbocycles. The van der Waals surface area contributed by atoms with E-state index in [0.29, 0.717) is 5.56 Å². The van der Waals surface area contributed by atoms with E-state index in [2.05, 4.69) is 4.98 Å². The first-order valence-corrected chi connectivity index (χ1v) is 7.00. The molecule has 1 aromatic heterocycles. The van der Waals surface area contributed by atoms with Gasteiger partial charge in [-0.2, -0.15) is 0 Å². The van der Waals surface area contributed by atoms with E-state index in [9.17, 15) is 9.90 Å². The number of ketones is 1. The van der Waals surface area contributed by atoms with E-state index >= 15 is 0 Å². The molecular formula is C19H15NO2. The normalized spacial score (nSPS) is 11.1. The summed E-state index contributed by atoms with van der Waals surface area (Å²) in [5.41, 5.74) is 2.09. The molecule has 0 spiro atoms. The molecule has 0 aliphatic carbocycles. The van der Waals surface area contributed by atoms with Crippen molar-refractivity contribution in [1.29, 1.82) is 0 Å². The highest BCUT2D eigenvalue weighted by Crippen LogP contribution is 2.21. The van der Waals surface area contributed by atoms with E-state index in [1.807, 2.05) is 31.2 Å². The lowest BCUT2D eigenvalue weighted by molar-refractivity contribution is 0.104. The van der Waals surface area contributed by atoms with Gasteiger partial charge in [-0.3, -0.25) is 9.78 Å². The molecule has 0 bridgehead atoms. The third-order valence-corrected chi connectivity index (χ3v) is 3.53. The van der Waals surface area contributed by atoms with Crippen molar-refractivity contribution in [2.24, 2.45) is 0 Å². The highest BCUT2D eigenvalue weighted by atomic mass is 16.3. The first kappa shape index (κ1) is 14.0. The SMILES string of the molecule is Cc1ccc(C(=O)/C=C/c2cncc3ccccc23)c(O)c1. The highest BCUT2D eigenvalue weighted by molar-refractivity contribution is 6.09. The molecule has 0 fully saturated rings. The van der Waals surface area contributed by atoms with Crippen LogP contribution in [0.25, 0.3) is 16.8 Å². The molecule has 108 valence electrons. The molecular weight excluding hydrogens is 274 g/mol. The summed E-state index contributed by atoms with van der Waals surface area (Å²) >= 11 is 0. The summed E-state index contributed by atoms with van der Waals surface area (Å²) < 4.78 is 0. The number of hydrogen-bond acceptors (Lipinski definition) is 3. The third-order valence-electron chi connectivity index (χ3n) is 3.53. The number of aromatic nitrogens is 1. The fraction of sp³-hybridized carbons (Fsp3) is 0.0526. The van der Waals surface area contributed by atoms with E-state index < -0.39 is 0 Å². The van der Waals surface area contributed by atoms with Crippen molar-refractivity contribution in [2.45, 2.75) is 6.92 Å². The number of fused-ring (bicyclic) bond motifs is 1. The molecule has 0 amide bonds. The lowest BCUT2D eigenvalue weighted by Gasteiger charge is -2.03. The number of carbonyl (C=O) groups excluding carboxylic acids is 1. The van der Waals surface area contributed by atoms with Gasteiger partial charge in [-0.05, 0) is 42.2 Å². The van der Waals surface area contributed by atoms with Crippen LogP contribution in [0.2, 0.25) is 0 Å². The number of carbonyl (C=O) groups is 1. The molecule has 1 N–H and O–H groups in total. The number of allylic oxidation sites excluding steroid dienone is 1. The number of phenolic OH excluding ortho intramolecular Hbond substituents is 1. The molecule has 1 heterocycles. The molecule has 3 aromatic rings. The van der Waals surface area contributed by atoms with Crippen molar-refractivity contribution < 1.29 is 9.90 Å². The zero-order valence-electron chi connectivity index (χ0n) is 12.2. The first-order valence-electron chi connectivity index (χ1n) is 7.00. The Morgan fingerprint density at radius 3 is 2.77 bits per heavy atom. The smallest absolute Gasteiger partial charge is 0.189 e. The Labute approximate surface area is 128 Å². The summed E-state index contributed by atoms with van der Waals surface area (Å²) in [5, 5.41) is 11.9. The number of rotatable bonds is 3. The van der Waals surface area contributed by atoms with Gasteiger partial charge in [0.15, 0.2) is 5.78 Å². The quantitative estimate of drug-likeness (QED) is 0.582. The molecule has 3 nitrogen and oxygen atoms in total. The van der Waals surface area contributed by atoms with Gasteiger partial charge in [-0.15, -0.1) is 0 Å². The van der Waals surface area contributed by atoms with Crippen LogP contribution < -0.4 is 0 Å². The molecule has 0 aliphatic heterocycles. The van der Waals surface area contributed by atoms with Gasteiger partial charge in [0.25, 0.3) is 0 Å². The largest absolute Gasteiger partial charge is 0.507 e. The zero-order valence-corrected chi connectivity index (χ0v) is 12.2. The van der Waals surface area contributed by atoms with Crippen LogP contribution >= 0.6 is 0 Å². The lowest BCUT2D eigenvalue weighted by atomic mass is 10.0. The van der Waals surface area contributed by atoms with Crippen molar-refractivity contribution in [3.63, 3.8) is 0 Å². The predicted molar refractivity (Wildman–Crippen MR) is 88.0 cm³/mol. The standard InChI is InChI=1S/C19H15NO2/c1-13-6-8-17(19(22)10-13)18(21)9-7-15-12-20-11-14-4-2-3-5-16(14)15/h2-12,22H,1H3/b9-7+. The maximum Gasteiger partial charge on any atom is 0.189 e. The van der Waals surface area contributed by atoms with Gasteiger partial charge >= 0.3 is 0 Å². The Balaban J connectivity index is 1.94. The summed E-state index contributed by atoms with van der Waals surface area (Å²) in [5.74, 6) is -0.226. The number of hydrogen-bond donors (Lipinski definition) is 1. The molecule has 0 radical (unpaired) electrons. The van der Waals surface area contributed by atoms with Crippen LogP contribution in [0, 0.1) is 6.92 Å². The van der Waals surface area contributed by atoms with Crippen molar-refractivity contribution in [2.75, 3.05) is 0 Å². The number of aromatic hydroxyl groups is 1. The summed E-state index contributed by atoms with van der Waals surface area (Å²) in [6.45, 7) is 1.87. The van der Waals surface area contributed by atoms with E-state index in [4.69, 9.17) is 0 Å². The average molecular weight is 289 g/mol. The Morgan fingerprint density at radius 1 is 1.14 bits per heavy atom. The van der Waals surface area contributed by atoms with Crippen LogP contribution in [0.4, 0.5) is 0 Å². The second kappa shape index (κ2) is 5.82. The lowest BCUT2D eigenvalue weighted by Crippen LogP contribution is -1.95. The number of pyridine rings is 1. The topological polar surface area (TPSA) is 50.2 Å². The van der Waals surface area contributed by atoms with Gasteiger partial charge in [-0.25, -0.2) is 0 Å². The zero-order chi connectivity index (χ0) is 15.5. The number of benzene rings is 2. The Kier molecular flexibility index (Phi) is 3.71. The highest BCUT2D eigenvalue weighted by Gasteiger charge is 2.08. The number of nitrogens with zero attached hydrogens (tertiary/aromatic N) is 1. The van der Waals surface area contributed by atoms with Crippen molar-refractivity contribution in [3.05, 3.63) is 77.6 Å². The van der Waals surface area contributed by atoms with Crippen LogP contribution in [0.15, 0.2) is 60.9 Å². The monoisotopic (exact) mass is 289 g/mol. The van der Waals surface area contributed by atoms with Gasteiger partial charge in [0.05, 0.1) is 5.56 Å². The molecule has 0 unspecified atom stereocenters.